The van der Waals surface area contributed by atoms with Crippen molar-refractivity contribution in [1.29, 1.82) is 0 Å². The van der Waals surface area contributed by atoms with Crippen molar-refractivity contribution < 1.29 is 29.0 Å². The van der Waals surface area contributed by atoms with Gasteiger partial charge in [0.2, 0.25) is 5.91 Å². The number of anilines is 2. The van der Waals surface area contributed by atoms with Crippen molar-refractivity contribution >= 4 is 29.2 Å². The molecule has 2 aliphatic heterocycles. The van der Waals surface area contributed by atoms with Gasteiger partial charge in [0.25, 0.3) is 5.91 Å². The summed E-state index contributed by atoms with van der Waals surface area (Å²) in [6, 6.07) is 13.5. The summed E-state index contributed by atoms with van der Waals surface area (Å²) in [7, 11) is 1.70. The fraction of sp³-hybridized carbons (Fsp3) is 0.500. The largest absolute Gasteiger partial charge is 0.487 e. The van der Waals surface area contributed by atoms with Crippen molar-refractivity contribution in [2.24, 2.45) is 5.92 Å². The van der Waals surface area contributed by atoms with Gasteiger partial charge in [-0.05, 0) is 37.3 Å². The number of benzene rings is 2. The highest BCUT2D eigenvalue weighted by atomic mass is 16.5. The molecule has 3 atom stereocenters. The van der Waals surface area contributed by atoms with Gasteiger partial charge in [0.1, 0.15) is 11.9 Å². The summed E-state index contributed by atoms with van der Waals surface area (Å²) in [5.41, 5.74) is 1.48. The van der Waals surface area contributed by atoms with E-state index in [1.165, 1.54) is 0 Å². The number of likely N-dealkylation sites (N-methyl/N-ethyl adjacent to an activating group) is 1. The van der Waals surface area contributed by atoms with Crippen molar-refractivity contribution in [1.82, 2.24) is 14.7 Å². The molecule has 11 heteroatoms. The van der Waals surface area contributed by atoms with E-state index in [0.717, 1.165) is 13.1 Å². The third-order valence-corrected chi connectivity index (χ3v) is 7.53. The van der Waals surface area contributed by atoms with E-state index in [1.807, 2.05) is 37.3 Å². The quantitative estimate of drug-likeness (QED) is 0.426. The van der Waals surface area contributed by atoms with Crippen molar-refractivity contribution in [3.05, 3.63) is 54.1 Å². The molecule has 1 saturated heterocycles. The first kappa shape index (κ1) is 30.3. The van der Waals surface area contributed by atoms with Crippen molar-refractivity contribution in [2.75, 3.05) is 70.2 Å². The van der Waals surface area contributed by atoms with E-state index in [1.54, 1.807) is 42.0 Å². The summed E-state index contributed by atoms with van der Waals surface area (Å²) >= 11 is 0. The number of fused-ring (bicyclic) bond motifs is 1. The van der Waals surface area contributed by atoms with Gasteiger partial charge in [-0.1, -0.05) is 25.1 Å². The molecule has 0 unspecified atom stereocenters. The van der Waals surface area contributed by atoms with E-state index >= 15 is 0 Å². The number of amides is 4. The first-order chi connectivity index (χ1) is 19.7. The number of carbonyl (C=O) groups is 3. The maximum absolute atomic E-state index is 13.7. The smallest absolute Gasteiger partial charge is 0.321 e. The van der Waals surface area contributed by atoms with Gasteiger partial charge in [-0.15, -0.1) is 0 Å². The molecule has 222 valence electrons. The van der Waals surface area contributed by atoms with Crippen LogP contribution in [-0.2, 0) is 9.53 Å². The van der Waals surface area contributed by atoms with Gasteiger partial charge in [0, 0.05) is 56.9 Å². The molecule has 0 spiro atoms. The second kappa shape index (κ2) is 14.3. The van der Waals surface area contributed by atoms with E-state index in [9.17, 15) is 19.5 Å². The Kier molecular flexibility index (Phi) is 10.6. The van der Waals surface area contributed by atoms with Gasteiger partial charge in [0.15, 0.2) is 0 Å². The maximum Gasteiger partial charge on any atom is 0.321 e. The zero-order valence-electron chi connectivity index (χ0n) is 24.0. The topological polar surface area (TPSA) is 124 Å². The Hall–Kier alpha value is -3.67. The Balaban J connectivity index is 1.49. The number of carbonyl (C=O) groups excluding carboxylic acids is 3. The van der Waals surface area contributed by atoms with E-state index < -0.39 is 12.1 Å². The van der Waals surface area contributed by atoms with Gasteiger partial charge in [-0.2, -0.15) is 0 Å². The molecule has 4 amide bonds. The van der Waals surface area contributed by atoms with Crippen LogP contribution in [0, 0.1) is 5.92 Å². The summed E-state index contributed by atoms with van der Waals surface area (Å²) in [5.74, 6) is -0.210. The number of para-hydroxylation sites is 1. The number of nitrogens with zero attached hydrogens (tertiary/aromatic N) is 3. The van der Waals surface area contributed by atoms with E-state index in [2.05, 4.69) is 15.5 Å². The third-order valence-electron chi connectivity index (χ3n) is 7.53. The van der Waals surface area contributed by atoms with Crippen LogP contribution in [0.4, 0.5) is 16.2 Å². The Labute approximate surface area is 241 Å². The average molecular weight is 568 g/mol. The fourth-order valence-corrected chi connectivity index (χ4v) is 4.92. The molecule has 4 rings (SSSR count). The van der Waals surface area contributed by atoms with Crippen LogP contribution in [0.15, 0.2) is 48.5 Å². The number of aliphatic hydroxyl groups is 1. The number of nitrogens with one attached hydrogen (secondary N) is 2. The van der Waals surface area contributed by atoms with Crippen LogP contribution in [0.3, 0.4) is 0 Å². The summed E-state index contributed by atoms with van der Waals surface area (Å²) in [4.78, 5) is 44.6. The number of aliphatic hydroxyl groups excluding tert-OH is 1. The lowest BCUT2D eigenvalue weighted by molar-refractivity contribution is -0.116. The highest BCUT2D eigenvalue weighted by Crippen LogP contribution is 2.31. The molecular weight excluding hydrogens is 526 g/mol. The number of rotatable bonds is 9. The molecule has 0 radical (unpaired) electrons. The molecule has 2 aliphatic rings. The molecular formula is C30H41N5O6. The van der Waals surface area contributed by atoms with Gasteiger partial charge in [-0.3, -0.25) is 14.5 Å². The molecule has 3 N–H and O–H groups in total. The van der Waals surface area contributed by atoms with Crippen LogP contribution < -0.4 is 15.4 Å². The van der Waals surface area contributed by atoms with Gasteiger partial charge in [-0.25, -0.2) is 4.79 Å². The van der Waals surface area contributed by atoms with E-state index in [-0.39, 0.29) is 36.9 Å². The van der Waals surface area contributed by atoms with E-state index in [0.29, 0.717) is 55.4 Å². The zero-order chi connectivity index (χ0) is 29.4. The van der Waals surface area contributed by atoms with Crippen LogP contribution in [0.1, 0.15) is 30.6 Å². The van der Waals surface area contributed by atoms with Crippen LogP contribution in [0.2, 0.25) is 0 Å². The Morgan fingerprint density at radius 3 is 2.54 bits per heavy atom. The van der Waals surface area contributed by atoms with Crippen molar-refractivity contribution in [3.63, 3.8) is 0 Å². The minimum atomic E-state index is -0.435. The third kappa shape index (κ3) is 8.18. The first-order valence-corrected chi connectivity index (χ1v) is 14.1. The second-order valence-corrected chi connectivity index (χ2v) is 10.8. The summed E-state index contributed by atoms with van der Waals surface area (Å²) in [5, 5.41) is 15.7. The molecule has 11 nitrogen and oxygen atoms in total. The Bertz CT molecular complexity index is 1190. The number of ether oxygens (including phenoxy) is 2. The molecule has 0 bridgehead atoms. The monoisotopic (exact) mass is 567 g/mol. The zero-order valence-corrected chi connectivity index (χ0v) is 24.0. The lowest BCUT2D eigenvalue weighted by Gasteiger charge is -2.38. The van der Waals surface area contributed by atoms with Crippen LogP contribution in [0.25, 0.3) is 0 Å². The predicted octanol–water partition coefficient (Wildman–Crippen LogP) is 2.73. The Morgan fingerprint density at radius 1 is 1.10 bits per heavy atom. The standard InChI is InChI=1S/C30H41N5O6/c1-21-18-35(22(2)20-36)29(38)25-17-24(31-28(37)11-12-34-13-15-40-16-14-34)9-10-26(25)41-27(21)19-33(3)30(39)32-23-7-5-4-6-8-23/h4-10,17,21-22,27,36H,11-16,18-20H2,1-3H3,(H,31,37)(H,32,39)/t21-,22+,27-/m0/s1. The van der Waals surface area contributed by atoms with Gasteiger partial charge < -0.3 is 35.0 Å². The minimum absolute atomic E-state index is 0.145. The maximum atomic E-state index is 13.7. The molecule has 1 fully saturated rings. The molecule has 0 aliphatic carbocycles. The second-order valence-electron chi connectivity index (χ2n) is 10.8. The normalized spacial score (nSPS) is 20.2. The van der Waals surface area contributed by atoms with Crippen LogP contribution in [0.5, 0.6) is 5.75 Å². The minimum Gasteiger partial charge on any atom is -0.487 e. The highest BCUT2D eigenvalue weighted by Gasteiger charge is 2.34. The molecule has 0 aromatic heterocycles. The van der Waals surface area contributed by atoms with Crippen molar-refractivity contribution in [3.8, 4) is 5.75 Å². The van der Waals surface area contributed by atoms with Crippen LogP contribution in [-0.4, -0.2) is 109 Å². The number of morpholine rings is 1. The highest BCUT2D eigenvalue weighted by molar-refractivity contribution is 6.00. The van der Waals surface area contributed by atoms with Gasteiger partial charge in [0.05, 0.1) is 38.0 Å². The Morgan fingerprint density at radius 2 is 1.83 bits per heavy atom. The lowest BCUT2D eigenvalue weighted by Crippen LogP contribution is -2.50. The summed E-state index contributed by atoms with van der Waals surface area (Å²) in [6.45, 7) is 7.74. The first-order valence-electron chi connectivity index (χ1n) is 14.1. The number of hydrogen-bond donors (Lipinski definition) is 3. The van der Waals surface area contributed by atoms with Crippen LogP contribution >= 0.6 is 0 Å². The average Bonchev–Trinajstić information content (AvgIpc) is 2.98. The molecule has 2 aromatic rings. The molecule has 0 saturated carbocycles. The SMILES string of the molecule is C[C@H](CO)N1C[C@H](C)[C@H](CN(C)C(=O)Nc2ccccc2)Oc2ccc(NC(=O)CCN3CCOCC3)cc2C1=O. The summed E-state index contributed by atoms with van der Waals surface area (Å²) in [6.07, 6.45) is -0.109. The predicted molar refractivity (Wildman–Crippen MR) is 156 cm³/mol. The van der Waals surface area contributed by atoms with E-state index in [4.69, 9.17) is 9.47 Å². The lowest BCUT2D eigenvalue weighted by atomic mass is 9.99. The molecule has 2 aromatic carbocycles. The fourth-order valence-electron chi connectivity index (χ4n) is 4.92. The van der Waals surface area contributed by atoms with Crippen molar-refractivity contribution in [2.45, 2.75) is 32.4 Å². The summed E-state index contributed by atoms with van der Waals surface area (Å²) < 4.78 is 11.7. The number of urea groups is 1. The number of hydrogen-bond acceptors (Lipinski definition) is 7. The molecule has 41 heavy (non-hydrogen) atoms. The van der Waals surface area contributed by atoms with Gasteiger partial charge >= 0.3 is 6.03 Å². The molecule has 2 heterocycles.